The first kappa shape index (κ1) is 11.6. The van der Waals surface area contributed by atoms with Gasteiger partial charge in [-0.05, 0) is 6.07 Å². The Hall–Kier alpha value is -0.460. The molecule has 0 N–H and O–H groups in total. The second kappa shape index (κ2) is 3.96. The predicted octanol–water partition coefficient (Wildman–Crippen LogP) is 2.60. The Bertz CT molecular complexity index is 449. The van der Waals surface area contributed by atoms with Crippen LogP contribution < -0.4 is 0 Å². The van der Waals surface area contributed by atoms with Crippen LogP contribution in [0.4, 0.5) is 8.78 Å². The maximum atomic E-state index is 12.3. The molecule has 0 saturated carbocycles. The van der Waals surface area contributed by atoms with Gasteiger partial charge in [-0.15, -0.1) is 0 Å². The van der Waals surface area contributed by atoms with Gasteiger partial charge in [0.05, 0.1) is 5.02 Å². The highest BCUT2D eigenvalue weighted by Gasteiger charge is 2.25. The minimum atomic E-state index is -4.31. The van der Waals surface area contributed by atoms with Crippen molar-refractivity contribution in [1.82, 2.24) is 4.98 Å². The summed E-state index contributed by atoms with van der Waals surface area (Å²) in [4.78, 5) is 2.37. The molecule has 0 saturated heterocycles. The molecule has 0 aliphatic heterocycles. The molecule has 0 atom stereocenters. The van der Waals surface area contributed by atoms with Crippen molar-refractivity contribution in [2.75, 3.05) is 0 Å². The van der Waals surface area contributed by atoms with Gasteiger partial charge in [-0.1, -0.05) is 11.6 Å². The van der Waals surface area contributed by atoms with E-state index in [4.69, 9.17) is 22.3 Å². The Morgan fingerprint density at radius 3 is 2.36 bits per heavy atom. The average Bonchev–Trinajstić information content (AvgIpc) is 2.01. The van der Waals surface area contributed by atoms with Gasteiger partial charge in [0.15, 0.2) is 0 Å². The lowest BCUT2D eigenvalue weighted by molar-refractivity contribution is 0.142. The molecule has 1 aromatic heterocycles. The summed E-state index contributed by atoms with van der Waals surface area (Å²) in [6, 6.07) is 1.07. The number of aromatic nitrogens is 1. The van der Waals surface area contributed by atoms with Crippen LogP contribution >= 0.6 is 22.3 Å². The smallest absolute Gasteiger partial charge is 0.254 e. The molecule has 0 aromatic carbocycles. The summed E-state index contributed by atoms with van der Waals surface area (Å²) in [6.07, 6.45) is -2.06. The Morgan fingerprint density at radius 2 is 2.00 bits per heavy atom. The van der Waals surface area contributed by atoms with Gasteiger partial charge in [-0.25, -0.2) is 17.2 Å². The molecular formula is C6H3Cl2F2NO2S. The Balaban J connectivity index is 3.54. The van der Waals surface area contributed by atoms with Crippen LogP contribution in [0, 0.1) is 0 Å². The van der Waals surface area contributed by atoms with Gasteiger partial charge in [0.1, 0.15) is 10.6 Å². The topological polar surface area (TPSA) is 47.0 Å². The third-order valence-electron chi connectivity index (χ3n) is 1.33. The molecule has 14 heavy (non-hydrogen) atoms. The van der Waals surface area contributed by atoms with E-state index in [1.807, 2.05) is 0 Å². The van der Waals surface area contributed by atoms with E-state index in [2.05, 4.69) is 4.98 Å². The van der Waals surface area contributed by atoms with Crippen LogP contribution in [0.15, 0.2) is 17.2 Å². The molecule has 0 fully saturated rings. The van der Waals surface area contributed by atoms with Crippen LogP contribution in [0.2, 0.25) is 5.02 Å². The predicted molar refractivity (Wildman–Crippen MR) is 47.2 cm³/mol. The summed E-state index contributed by atoms with van der Waals surface area (Å²) >= 11 is 5.42. The Kier molecular flexibility index (Phi) is 3.28. The lowest BCUT2D eigenvalue weighted by Gasteiger charge is -2.05. The summed E-state index contributed by atoms with van der Waals surface area (Å²) in [7, 11) is 0.616. The zero-order valence-electron chi connectivity index (χ0n) is 6.42. The third kappa shape index (κ3) is 2.31. The first-order valence-electron chi connectivity index (χ1n) is 3.21. The molecule has 0 unspecified atom stereocenters. The molecule has 0 spiro atoms. The first-order chi connectivity index (χ1) is 6.34. The van der Waals surface area contributed by atoms with Crippen molar-refractivity contribution in [2.24, 2.45) is 0 Å². The summed E-state index contributed by atoms with van der Waals surface area (Å²) in [6.45, 7) is 0. The summed E-state index contributed by atoms with van der Waals surface area (Å²) in [5, 5.41) is -0.370. The summed E-state index contributed by atoms with van der Waals surface area (Å²) in [5.41, 5.74) is -0.937. The maximum absolute atomic E-state index is 12.3. The largest absolute Gasteiger partial charge is 0.281 e. The van der Waals surface area contributed by atoms with Crippen LogP contribution in [0.5, 0.6) is 0 Å². The van der Waals surface area contributed by atoms with E-state index in [1.165, 1.54) is 0 Å². The van der Waals surface area contributed by atoms with Gasteiger partial charge in [-0.3, -0.25) is 4.98 Å². The Morgan fingerprint density at radius 1 is 1.43 bits per heavy atom. The van der Waals surface area contributed by atoms with Crippen molar-refractivity contribution < 1.29 is 17.2 Å². The molecule has 0 amide bonds. The molecule has 1 rings (SSSR count). The van der Waals surface area contributed by atoms with E-state index in [-0.39, 0.29) is 5.02 Å². The maximum Gasteiger partial charge on any atom is 0.281 e. The standard InChI is InChI=1S/C6H3Cl2F2NO2S/c7-3-1-2-11-4(6(9)10)5(3)14(8,12)13/h1-2,6H. The van der Waals surface area contributed by atoms with Gasteiger partial charge in [-0.2, -0.15) is 0 Å². The van der Waals surface area contributed by atoms with Crippen molar-refractivity contribution in [2.45, 2.75) is 11.3 Å². The molecule has 0 bridgehead atoms. The highest BCUT2D eigenvalue weighted by atomic mass is 35.7. The zero-order chi connectivity index (χ0) is 10.9. The fourth-order valence-corrected chi connectivity index (χ4v) is 2.59. The van der Waals surface area contributed by atoms with Gasteiger partial charge < -0.3 is 0 Å². The molecule has 1 aromatic rings. The normalized spacial score (nSPS) is 12.1. The summed E-state index contributed by atoms with van der Waals surface area (Å²) in [5.74, 6) is 0. The summed E-state index contributed by atoms with van der Waals surface area (Å²) < 4.78 is 46.4. The number of halogens is 4. The third-order valence-corrected chi connectivity index (χ3v) is 3.14. The van der Waals surface area contributed by atoms with Gasteiger partial charge in [0.2, 0.25) is 0 Å². The van der Waals surface area contributed by atoms with E-state index in [0.29, 0.717) is 0 Å². The van der Waals surface area contributed by atoms with Gasteiger partial charge >= 0.3 is 0 Å². The monoisotopic (exact) mass is 261 g/mol. The molecule has 0 radical (unpaired) electrons. The number of rotatable bonds is 2. The van der Waals surface area contributed by atoms with E-state index >= 15 is 0 Å². The van der Waals surface area contributed by atoms with Crippen molar-refractivity contribution in [1.29, 1.82) is 0 Å². The van der Waals surface area contributed by atoms with E-state index in [1.54, 1.807) is 0 Å². The second-order valence-corrected chi connectivity index (χ2v) is 5.16. The minimum absolute atomic E-state index is 0.370. The van der Waals surface area contributed by atoms with Crippen molar-refractivity contribution in [3.63, 3.8) is 0 Å². The van der Waals surface area contributed by atoms with E-state index < -0.39 is 26.1 Å². The van der Waals surface area contributed by atoms with Crippen LogP contribution in [-0.4, -0.2) is 13.4 Å². The molecule has 1 heterocycles. The molecular weight excluding hydrogens is 259 g/mol. The molecule has 0 aliphatic rings. The SMILES string of the molecule is O=S(=O)(Cl)c1c(Cl)ccnc1C(F)F. The number of pyridine rings is 1. The van der Waals surface area contributed by atoms with E-state index in [9.17, 15) is 17.2 Å². The first-order valence-corrected chi connectivity index (χ1v) is 5.90. The molecule has 78 valence electrons. The van der Waals surface area contributed by atoms with Gasteiger partial charge in [0, 0.05) is 16.9 Å². The minimum Gasteiger partial charge on any atom is -0.254 e. The van der Waals surface area contributed by atoms with Crippen molar-refractivity contribution >= 4 is 31.3 Å². The highest BCUT2D eigenvalue weighted by molar-refractivity contribution is 8.13. The van der Waals surface area contributed by atoms with Gasteiger partial charge in [0.25, 0.3) is 15.5 Å². The lowest BCUT2D eigenvalue weighted by atomic mass is 10.3. The van der Waals surface area contributed by atoms with Crippen LogP contribution in [0.25, 0.3) is 0 Å². The average molecular weight is 262 g/mol. The molecule has 8 heteroatoms. The number of hydrogen-bond donors (Lipinski definition) is 0. The zero-order valence-corrected chi connectivity index (χ0v) is 8.74. The highest BCUT2D eigenvalue weighted by Crippen LogP contribution is 2.32. The number of hydrogen-bond acceptors (Lipinski definition) is 3. The van der Waals surface area contributed by atoms with Crippen LogP contribution in [0.3, 0.4) is 0 Å². The number of nitrogens with zero attached hydrogens (tertiary/aromatic N) is 1. The fraction of sp³-hybridized carbons (Fsp3) is 0.167. The van der Waals surface area contributed by atoms with Crippen molar-refractivity contribution in [3.8, 4) is 0 Å². The van der Waals surface area contributed by atoms with Crippen molar-refractivity contribution in [3.05, 3.63) is 23.0 Å². The second-order valence-electron chi connectivity index (χ2n) is 2.25. The lowest BCUT2D eigenvalue weighted by Crippen LogP contribution is -2.02. The van der Waals surface area contributed by atoms with E-state index in [0.717, 1.165) is 12.3 Å². The van der Waals surface area contributed by atoms with Crippen LogP contribution in [0.1, 0.15) is 12.1 Å². The fourth-order valence-electron chi connectivity index (χ4n) is 0.836. The number of alkyl halides is 2. The van der Waals surface area contributed by atoms with Crippen LogP contribution in [-0.2, 0) is 9.05 Å². The Labute approximate surface area is 88.1 Å². The quantitative estimate of drug-likeness (QED) is 0.769. The molecule has 0 aliphatic carbocycles. The molecule has 3 nitrogen and oxygen atoms in total.